The second kappa shape index (κ2) is 8.15. The van der Waals surface area contributed by atoms with Crippen LogP contribution in [-0.4, -0.2) is 98.8 Å². The summed E-state index contributed by atoms with van der Waals surface area (Å²) in [7, 11) is 7.69. The summed E-state index contributed by atoms with van der Waals surface area (Å²) >= 11 is 0. The van der Waals surface area contributed by atoms with Crippen LogP contribution in [0.3, 0.4) is 0 Å². The number of nitrogens with zero attached hydrogens (tertiary/aromatic N) is 2. The van der Waals surface area contributed by atoms with Gasteiger partial charge in [-0.1, -0.05) is 0 Å². The monoisotopic (exact) mass is 292 g/mol. The highest BCUT2D eigenvalue weighted by atomic mass is 16.3. The van der Waals surface area contributed by atoms with Gasteiger partial charge in [-0.2, -0.15) is 0 Å². The van der Waals surface area contributed by atoms with Crippen LogP contribution in [0.4, 0.5) is 0 Å². The van der Waals surface area contributed by atoms with E-state index >= 15 is 0 Å². The van der Waals surface area contributed by atoms with E-state index in [2.05, 4.69) is 10.6 Å². The molecule has 118 valence electrons. The molecule has 0 heterocycles. The van der Waals surface area contributed by atoms with Crippen molar-refractivity contribution in [3.63, 3.8) is 0 Å². The Morgan fingerprint density at radius 2 is 1.10 bits per heavy atom. The van der Waals surface area contributed by atoms with Crippen LogP contribution in [0.5, 0.6) is 0 Å². The lowest BCUT2D eigenvalue weighted by Gasteiger charge is -2.34. The van der Waals surface area contributed by atoms with Crippen molar-refractivity contribution in [3.05, 3.63) is 0 Å². The molecule has 0 fully saturated rings. The van der Waals surface area contributed by atoms with Crippen molar-refractivity contribution >= 4 is 11.8 Å². The van der Waals surface area contributed by atoms with Gasteiger partial charge in [-0.05, 0) is 0 Å². The van der Waals surface area contributed by atoms with Gasteiger partial charge in [-0.15, -0.1) is 0 Å². The molecule has 0 aliphatic carbocycles. The van der Waals surface area contributed by atoms with E-state index in [9.17, 15) is 9.59 Å². The van der Waals surface area contributed by atoms with Gasteiger partial charge in [-0.25, -0.2) is 0 Å². The van der Waals surface area contributed by atoms with Crippen molar-refractivity contribution in [2.24, 2.45) is 0 Å². The number of carbonyl (C=O) groups excluding carboxylic acids is 2. The molecule has 0 aromatic carbocycles. The molecule has 8 heteroatoms. The zero-order valence-electron chi connectivity index (χ0n) is 12.8. The maximum atomic E-state index is 11.5. The fourth-order valence-corrected chi connectivity index (χ4v) is 1.77. The topological polar surface area (TPSA) is 98.7 Å². The molecule has 0 bridgehead atoms. The molecule has 0 saturated heterocycles. The smallest absolute Gasteiger partial charge is 0.277 e. The molecule has 0 atom stereocenters. The van der Waals surface area contributed by atoms with Crippen LogP contribution < -0.4 is 10.6 Å². The Labute approximate surface area is 120 Å². The highest BCUT2D eigenvalue weighted by Crippen LogP contribution is 2.02. The predicted molar refractivity (Wildman–Crippen MR) is 74.1 cm³/mol. The number of aliphatic hydroxyl groups excluding tert-OH is 2. The van der Waals surface area contributed by atoms with Gasteiger partial charge in [0, 0.05) is 0 Å². The van der Waals surface area contributed by atoms with Gasteiger partial charge >= 0.3 is 0 Å². The summed E-state index contributed by atoms with van der Waals surface area (Å²) in [6.45, 7) is 1.23. The maximum absolute atomic E-state index is 11.5. The Kier molecular flexibility index (Phi) is 7.66. The van der Waals surface area contributed by atoms with Crippen molar-refractivity contribution in [2.45, 2.75) is 0 Å². The number of hydrogen-bond acceptors (Lipinski definition) is 4. The molecule has 0 aliphatic rings. The molecule has 8 nitrogen and oxygen atoms in total. The van der Waals surface area contributed by atoms with Crippen LogP contribution in [0.1, 0.15) is 0 Å². The van der Waals surface area contributed by atoms with Gasteiger partial charge in [-0.3, -0.25) is 9.59 Å². The second-order valence-corrected chi connectivity index (χ2v) is 6.15. The lowest BCUT2D eigenvalue weighted by molar-refractivity contribution is -0.938. The Morgan fingerprint density at radius 3 is 1.35 bits per heavy atom. The van der Waals surface area contributed by atoms with Crippen LogP contribution in [0.2, 0.25) is 0 Å². The largest absolute Gasteiger partial charge is 0.376 e. The number of amides is 2. The average molecular weight is 292 g/mol. The number of quaternary nitrogens is 2. The fraction of sp³-hybridized carbons (Fsp3) is 0.833. The highest BCUT2D eigenvalue weighted by Gasteiger charge is 2.26. The van der Waals surface area contributed by atoms with E-state index in [0.717, 1.165) is 0 Å². The minimum Gasteiger partial charge on any atom is -0.376 e. The number of nitrogens with one attached hydrogen (secondary N) is 2. The summed E-state index contributed by atoms with van der Waals surface area (Å²) < 4.78 is 0.935. The molecule has 20 heavy (non-hydrogen) atoms. The van der Waals surface area contributed by atoms with Crippen molar-refractivity contribution in [3.8, 4) is 0 Å². The Hall–Kier alpha value is -1.22. The first-order chi connectivity index (χ1) is 9.12. The molecular formula is C12H28N4O4+2. The Bertz CT molecular complexity index is 299. The minimum atomic E-state index is -0.359. The van der Waals surface area contributed by atoms with Crippen LogP contribution in [0.25, 0.3) is 0 Å². The molecule has 0 spiro atoms. The summed E-state index contributed by atoms with van der Waals surface area (Å²) in [5.74, 6) is -0.415. The summed E-state index contributed by atoms with van der Waals surface area (Å²) in [6.07, 6.45) is 0. The van der Waals surface area contributed by atoms with E-state index in [1.54, 1.807) is 0 Å². The van der Waals surface area contributed by atoms with E-state index in [1.807, 2.05) is 28.2 Å². The SMILES string of the molecule is C[N+](C)(CC[N+](C)(C)CC(=O)NCO)CC(=O)NCO. The molecule has 4 N–H and O–H groups in total. The first-order valence-corrected chi connectivity index (χ1v) is 6.51. The van der Waals surface area contributed by atoms with Gasteiger partial charge < -0.3 is 29.8 Å². The fourth-order valence-electron chi connectivity index (χ4n) is 1.77. The van der Waals surface area contributed by atoms with E-state index in [1.165, 1.54) is 0 Å². The van der Waals surface area contributed by atoms with E-state index in [4.69, 9.17) is 10.2 Å². The van der Waals surface area contributed by atoms with Crippen LogP contribution in [0.15, 0.2) is 0 Å². The first-order valence-electron chi connectivity index (χ1n) is 6.51. The molecular weight excluding hydrogens is 264 g/mol. The molecule has 0 unspecified atom stereocenters. The Morgan fingerprint density at radius 1 is 0.800 bits per heavy atom. The number of carbonyl (C=O) groups is 2. The standard InChI is InChI=1S/C12H26N4O4/c1-15(2,7-11(19)13-9-17)5-6-16(3,4)8-12(20)14-10-18/h17-18H,5-10H2,1-4H3/p+2. The van der Waals surface area contributed by atoms with E-state index < -0.39 is 0 Å². The number of aliphatic hydroxyl groups is 2. The number of hydrogen-bond donors (Lipinski definition) is 4. The summed E-state index contributed by atoms with van der Waals surface area (Å²) in [5, 5.41) is 22.0. The lowest BCUT2D eigenvalue weighted by Crippen LogP contribution is -2.56. The average Bonchev–Trinajstić information content (AvgIpc) is 2.26. The van der Waals surface area contributed by atoms with Crippen molar-refractivity contribution in [1.29, 1.82) is 0 Å². The third kappa shape index (κ3) is 8.81. The number of rotatable bonds is 9. The summed E-state index contributed by atoms with van der Waals surface area (Å²) in [5.41, 5.74) is 0. The maximum Gasteiger partial charge on any atom is 0.277 e. The quantitative estimate of drug-likeness (QED) is 0.274. The van der Waals surface area contributed by atoms with Crippen molar-refractivity contribution < 1.29 is 28.8 Å². The number of likely N-dealkylation sites (N-methyl/N-ethyl adjacent to an activating group) is 2. The van der Waals surface area contributed by atoms with Crippen molar-refractivity contribution in [2.75, 3.05) is 67.8 Å². The van der Waals surface area contributed by atoms with Gasteiger partial charge in [0.25, 0.3) is 11.8 Å². The Balaban J connectivity index is 4.28. The first kappa shape index (κ1) is 18.8. The molecule has 0 rings (SSSR count). The van der Waals surface area contributed by atoms with Crippen LogP contribution in [-0.2, 0) is 9.59 Å². The minimum absolute atomic E-state index is 0.208. The molecule has 0 aliphatic heterocycles. The van der Waals surface area contributed by atoms with Gasteiger partial charge in [0.1, 0.15) is 26.6 Å². The predicted octanol–water partition coefficient (Wildman–Crippen LogP) is -2.73. The molecule has 0 aromatic heterocycles. The normalized spacial score (nSPS) is 12.1. The zero-order valence-corrected chi connectivity index (χ0v) is 12.8. The molecule has 0 radical (unpaired) electrons. The summed E-state index contributed by atoms with van der Waals surface area (Å²) in [6, 6.07) is 0. The lowest BCUT2D eigenvalue weighted by atomic mass is 10.3. The van der Waals surface area contributed by atoms with Crippen LogP contribution >= 0.6 is 0 Å². The third-order valence-electron chi connectivity index (χ3n) is 3.01. The second-order valence-electron chi connectivity index (χ2n) is 6.15. The third-order valence-corrected chi connectivity index (χ3v) is 3.01. The van der Waals surface area contributed by atoms with Crippen molar-refractivity contribution in [1.82, 2.24) is 10.6 Å². The summed E-state index contributed by atoms with van der Waals surface area (Å²) in [4.78, 5) is 22.9. The molecule has 0 aromatic rings. The molecule has 0 saturated carbocycles. The van der Waals surface area contributed by atoms with Gasteiger partial charge in [0.15, 0.2) is 13.1 Å². The molecule has 2 amide bonds. The van der Waals surface area contributed by atoms with Gasteiger partial charge in [0.2, 0.25) is 0 Å². The zero-order chi connectivity index (χ0) is 15.8. The highest BCUT2D eigenvalue weighted by molar-refractivity contribution is 5.77. The van der Waals surface area contributed by atoms with Crippen LogP contribution in [0, 0.1) is 0 Å². The van der Waals surface area contributed by atoms with E-state index in [0.29, 0.717) is 22.1 Å². The van der Waals surface area contributed by atoms with E-state index in [-0.39, 0.29) is 38.4 Å². The van der Waals surface area contributed by atoms with Gasteiger partial charge in [0.05, 0.1) is 28.2 Å².